The van der Waals surface area contributed by atoms with Crippen LogP contribution >= 0.6 is 0 Å². The number of fused-ring (bicyclic) bond motifs is 4. The highest BCUT2D eigenvalue weighted by molar-refractivity contribution is 6.11. The number of para-hydroxylation sites is 1. The summed E-state index contributed by atoms with van der Waals surface area (Å²) in [5, 5.41) is 4.65. The number of hydrogen-bond donors (Lipinski definition) is 0. The highest BCUT2D eigenvalue weighted by Crippen LogP contribution is 2.40. The van der Waals surface area contributed by atoms with Crippen LogP contribution in [0.3, 0.4) is 0 Å². The molecule has 0 saturated heterocycles. The summed E-state index contributed by atoms with van der Waals surface area (Å²) < 4.78 is 2.36. The lowest BCUT2D eigenvalue weighted by Gasteiger charge is -2.17. The second-order valence-corrected chi connectivity index (χ2v) is 11.7. The number of benzene rings is 5. The molecule has 0 saturated carbocycles. The zero-order valence-electron chi connectivity index (χ0n) is 26.7. The predicted octanol–water partition coefficient (Wildman–Crippen LogP) is 10.6. The molecule has 8 aromatic rings. The van der Waals surface area contributed by atoms with Crippen LogP contribution in [0.25, 0.3) is 72.2 Å². The van der Waals surface area contributed by atoms with E-state index in [9.17, 15) is 0 Å². The Bertz CT molecular complexity index is 2420. The lowest BCUT2D eigenvalue weighted by molar-refractivity contribution is 0.947. The first-order chi connectivity index (χ1) is 23.8. The minimum absolute atomic E-state index is 0.609. The molecule has 5 heteroatoms. The first-order valence-corrected chi connectivity index (χ1v) is 16.4. The van der Waals surface area contributed by atoms with Gasteiger partial charge in [-0.2, -0.15) is 0 Å². The van der Waals surface area contributed by atoms with E-state index in [0.29, 0.717) is 18.1 Å². The van der Waals surface area contributed by atoms with Crippen molar-refractivity contribution in [2.45, 2.75) is 19.8 Å². The van der Waals surface area contributed by atoms with Crippen molar-refractivity contribution in [3.8, 4) is 39.6 Å². The molecular weight excluding hydrogens is 587 g/mol. The number of allylic oxidation sites excluding steroid dienone is 4. The molecule has 0 bridgehead atoms. The fourth-order valence-electron chi connectivity index (χ4n) is 6.52. The van der Waals surface area contributed by atoms with Crippen molar-refractivity contribution < 1.29 is 0 Å². The average molecular weight is 620 g/mol. The molecule has 0 radical (unpaired) electrons. The summed E-state index contributed by atoms with van der Waals surface area (Å²) in [6, 6.07) is 42.4. The third-order valence-corrected chi connectivity index (χ3v) is 8.71. The van der Waals surface area contributed by atoms with E-state index in [4.69, 9.17) is 15.0 Å². The topological polar surface area (TPSA) is 56.5 Å². The van der Waals surface area contributed by atoms with E-state index in [1.165, 1.54) is 5.39 Å². The molecule has 0 fully saturated rings. The van der Waals surface area contributed by atoms with Gasteiger partial charge in [-0.15, -0.1) is 0 Å². The van der Waals surface area contributed by atoms with Crippen molar-refractivity contribution in [2.75, 3.05) is 0 Å². The average Bonchev–Trinajstić information content (AvgIpc) is 3.49. The van der Waals surface area contributed by atoms with Crippen molar-refractivity contribution in [1.29, 1.82) is 0 Å². The molecule has 230 valence electrons. The highest BCUT2D eigenvalue weighted by atomic mass is 15.0. The van der Waals surface area contributed by atoms with Gasteiger partial charge in [-0.25, -0.2) is 15.0 Å². The Morgan fingerprint density at radius 2 is 1.23 bits per heavy atom. The van der Waals surface area contributed by atoms with E-state index in [1.54, 1.807) is 0 Å². The van der Waals surface area contributed by atoms with Crippen molar-refractivity contribution in [3.63, 3.8) is 0 Å². The number of aromatic nitrogens is 5. The maximum absolute atomic E-state index is 5.05. The lowest BCUT2D eigenvalue weighted by atomic mass is 9.93. The standard InChI is InChI=1S/C43H33N5/c1-2-3-4-5-9-24-41-45-42(30-16-7-6-8-17-30)47-43(46-41)36-22-13-11-19-32(36)33-25-26-39(34-20-12-10-18-31(33)34)48-38-23-15-14-21-35(38)37-29-44-28-27-40(37)48/h3-23,25-29H,2,24H2,1H3/b4-3-,9-5-. The first kappa shape index (κ1) is 29.2. The number of nitrogens with zero attached hydrogens (tertiary/aromatic N) is 5. The summed E-state index contributed by atoms with van der Waals surface area (Å²) in [6.45, 7) is 2.13. The van der Waals surface area contributed by atoms with Gasteiger partial charge < -0.3 is 4.57 Å². The Morgan fingerprint density at radius 1 is 0.542 bits per heavy atom. The number of rotatable bonds is 8. The summed E-state index contributed by atoms with van der Waals surface area (Å²) in [5.41, 5.74) is 7.55. The third kappa shape index (κ3) is 5.35. The van der Waals surface area contributed by atoms with Crippen LogP contribution in [0.5, 0.6) is 0 Å². The quantitative estimate of drug-likeness (QED) is 0.159. The van der Waals surface area contributed by atoms with Gasteiger partial charge in [0.25, 0.3) is 0 Å². The molecule has 0 N–H and O–H groups in total. The second kappa shape index (κ2) is 12.9. The molecule has 0 aliphatic carbocycles. The van der Waals surface area contributed by atoms with Crippen LogP contribution in [0.1, 0.15) is 19.2 Å². The molecule has 3 heterocycles. The van der Waals surface area contributed by atoms with E-state index in [1.807, 2.05) is 42.7 Å². The predicted molar refractivity (Wildman–Crippen MR) is 198 cm³/mol. The molecule has 48 heavy (non-hydrogen) atoms. The zero-order valence-corrected chi connectivity index (χ0v) is 26.7. The fraction of sp³-hybridized carbons (Fsp3) is 0.0698. The minimum atomic E-state index is 0.609. The largest absolute Gasteiger partial charge is 0.309 e. The van der Waals surface area contributed by atoms with Crippen molar-refractivity contribution >= 4 is 32.6 Å². The van der Waals surface area contributed by atoms with Gasteiger partial charge in [0.2, 0.25) is 0 Å². The van der Waals surface area contributed by atoms with E-state index in [0.717, 1.165) is 67.4 Å². The molecule has 3 aromatic heterocycles. The van der Waals surface area contributed by atoms with Crippen LogP contribution in [0.15, 0.2) is 158 Å². The van der Waals surface area contributed by atoms with Crippen LogP contribution in [-0.2, 0) is 6.42 Å². The zero-order chi connectivity index (χ0) is 32.3. The monoisotopic (exact) mass is 619 g/mol. The molecule has 5 aromatic carbocycles. The summed E-state index contributed by atoms with van der Waals surface area (Å²) in [7, 11) is 0. The molecule has 8 rings (SSSR count). The molecule has 0 aliphatic heterocycles. The van der Waals surface area contributed by atoms with Gasteiger partial charge in [-0.05, 0) is 41.1 Å². The third-order valence-electron chi connectivity index (χ3n) is 8.71. The molecule has 0 spiro atoms. The maximum atomic E-state index is 5.05. The summed E-state index contributed by atoms with van der Waals surface area (Å²) >= 11 is 0. The minimum Gasteiger partial charge on any atom is -0.309 e. The Balaban J connectivity index is 1.31. The van der Waals surface area contributed by atoms with E-state index in [-0.39, 0.29) is 0 Å². The number of hydrogen-bond acceptors (Lipinski definition) is 4. The maximum Gasteiger partial charge on any atom is 0.164 e. The first-order valence-electron chi connectivity index (χ1n) is 16.4. The Labute approximate surface area is 279 Å². The molecule has 0 unspecified atom stereocenters. The molecule has 0 amide bonds. The van der Waals surface area contributed by atoms with Gasteiger partial charge in [0.05, 0.1) is 16.7 Å². The molecule has 0 atom stereocenters. The van der Waals surface area contributed by atoms with E-state index in [2.05, 4.69) is 132 Å². The summed E-state index contributed by atoms with van der Waals surface area (Å²) in [5.74, 6) is 2.06. The summed E-state index contributed by atoms with van der Waals surface area (Å²) in [6.07, 6.45) is 13.8. The Morgan fingerprint density at radius 3 is 2.08 bits per heavy atom. The van der Waals surface area contributed by atoms with Gasteiger partial charge in [-0.1, -0.05) is 134 Å². The SMILES string of the molecule is CC/C=C\C=C/Cc1nc(-c2ccccc2)nc(-c2ccccc2-c2ccc(-n3c4ccccc4c4cnccc43)c3ccccc23)n1. The van der Waals surface area contributed by atoms with Gasteiger partial charge in [0.1, 0.15) is 5.82 Å². The van der Waals surface area contributed by atoms with Crippen LogP contribution in [0.2, 0.25) is 0 Å². The number of pyridine rings is 1. The van der Waals surface area contributed by atoms with Crippen molar-refractivity contribution in [1.82, 2.24) is 24.5 Å². The highest BCUT2D eigenvalue weighted by Gasteiger charge is 2.19. The lowest BCUT2D eigenvalue weighted by Crippen LogP contribution is -2.03. The van der Waals surface area contributed by atoms with Crippen LogP contribution in [-0.4, -0.2) is 24.5 Å². The Hall–Kier alpha value is -6.20. The molecule has 0 aliphatic rings. The van der Waals surface area contributed by atoms with Crippen molar-refractivity contribution in [3.05, 3.63) is 164 Å². The van der Waals surface area contributed by atoms with Gasteiger partial charge in [-0.3, -0.25) is 4.98 Å². The van der Waals surface area contributed by atoms with Gasteiger partial charge in [0.15, 0.2) is 11.6 Å². The van der Waals surface area contributed by atoms with Crippen LogP contribution in [0, 0.1) is 0 Å². The molecular formula is C43H33N5. The fourth-order valence-corrected chi connectivity index (χ4v) is 6.52. The normalized spacial score (nSPS) is 11.9. The van der Waals surface area contributed by atoms with Crippen LogP contribution in [0.4, 0.5) is 0 Å². The summed E-state index contributed by atoms with van der Waals surface area (Å²) in [4.78, 5) is 19.4. The van der Waals surface area contributed by atoms with E-state index >= 15 is 0 Å². The van der Waals surface area contributed by atoms with Gasteiger partial charge >= 0.3 is 0 Å². The van der Waals surface area contributed by atoms with Crippen LogP contribution < -0.4 is 0 Å². The van der Waals surface area contributed by atoms with E-state index < -0.39 is 0 Å². The van der Waals surface area contributed by atoms with Crippen molar-refractivity contribution in [2.24, 2.45) is 0 Å². The smallest absolute Gasteiger partial charge is 0.164 e. The second-order valence-electron chi connectivity index (χ2n) is 11.7. The Kier molecular flexibility index (Phi) is 7.85. The molecule has 5 nitrogen and oxygen atoms in total. The van der Waals surface area contributed by atoms with Gasteiger partial charge in [0, 0.05) is 46.1 Å².